The molecular formula is C18H19NO4. The maximum Gasteiger partial charge on any atom is 0.335 e. The molecule has 0 fully saturated rings. The standard InChI is InChI=1S/C18H19NO4/c1-11-4-5-12(2)16(10-11)23-13(3)17(20)19-15-8-6-14(7-9-15)18(21)22/h4-10,13H,1-3H3,(H,19,20)(H,21,22)/t13-/m1/s1. The van der Waals surface area contributed by atoms with Crippen molar-refractivity contribution < 1.29 is 19.4 Å². The zero-order valence-electron chi connectivity index (χ0n) is 13.3. The van der Waals surface area contributed by atoms with Gasteiger partial charge in [0.2, 0.25) is 0 Å². The number of carboxylic acids is 1. The molecular weight excluding hydrogens is 294 g/mol. The second kappa shape index (κ2) is 6.96. The fraction of sp³-hybridized carbons (Fsp3) is 0.222. The van der Waals surface area contributed by atoms with Gasteiger partial charge in [-0.25, -0.2) is 4.79 Å². The van der Waals surface area contributed by atoms with Crippen molar-refractivity contribution in [3.63, 3.8) is 0 Å². The lowest BCUT2D eigenvalue weighted by Gasteiger charge is -2.16. The van der Waals surface area contributed by atoms with Gasteiger partial charge in [0.25, 0.3) is 5.91 Å². The van der Waals surface area contributed by atoms with Gasteiger partial charge in [-0.3, -0.25) is 4.79 Å². The molecule has 0 aromatic heterocycles. The predicted molar refractivity (Wildman–Crippen MR) is 88.0 cm³/mol. The summed E-state index contributed by atoms with van der Waals surface area (Å²) in [6, 6.07) is 11.8. The van der Waals surface area contributed by atoms with Crippen LogP contribution in [-0.4, -0.2) is 23.1 Å². The van der Waals surface area contributed by atoms with Crippen LogP contribution in [0.5, 0.6) is 5.75 Å². The highest BCUT2D eigenvalue weighted by Crippen LogP contribution is 2.21. The van der Waals surface area contributed by atoms with Crippen LogP contribution >= 0.6 is 0 Å². The molecule has 0 bridgehead atoms. The molecule has 5 nitrogen and oxygen atoms in total. The van der Waals surface area contributed by atoms with E-state index in [1.807, 2.05) is 32.0 Å². The quantitative estimate of drug-likeness (QED) is 0.887. The number of carbonyl (C=O) groups is 2. The summed E-state index contributed by atoms with van der Waals surface area (Å²) in [4.78, 5) is 23.0. The number of amides is 1. The van der Waals surface area contributed by atoms with Crippen molar-refractivity contribution in [2.45, 2.75) is 26.9 Å². The lowest BCUT2D eigenvalue weighted by Crippen LogP contribution is -2.30. The maximum atomic E-state index is 12.2. The van der Waals surface area contributed by atoms with Crippen LogP contribution in [-0.2, 0) is 4.79 Å². The summed E-state index contributed by atoms with van der Waals surface area (Å²) in [5.74, 6) is -0.627. The molecule has 23 heavy (non-hydrogen) atoms. The number of hydrogen-bond donors (Lipinski definition) is 2. The van der Waals surface area contributed by atoms with Crippen molar-refractivity contribution in [3.8, 4) is 5.75 Å². The molecule has 0 heterocycles. The Balaban J connectivity index is 2.02. The van der Waals surface area contributed by atoms with Gasteiger partial charge in [-0.05, 0) is 62.2 Å². The first-order valence-corrected chi connectivity index (χ1v) is 7.25. The molecule has 0 aliphatic heterocycles. The van der Waals surface area contributed by atoms with Crippen LogP contribution in [0.4, 0.5) is 5.69 Å². The zero-order chi connectivity index (χ0) is 17.0. The zero-order valence-corrected chi connectivity index (χ0v) is 13.3. The third-order valence-electron chi connectivity index (χ3n) is 3.42. The Hall–Kier alpha value is -2.82. The minimum absolute atomic E-state index is 0.169. The van der Waals surface area contributed by atoms with E-state index in [4.69, 9.17) is 9.84 Å². The van der Waals surface area contributed by atoms with Gasteiger partial charge in [0, 0.05) is 5.69 Å². The van der Waals surface area contributed by atoms with Gasteiger partial charge in [0.1, 0.15) is 5.75 Å². The number of hydrogen-bond acceptors (Lipinski definition) is 3. The number of carbonyl (C=O) groups excluding carboxylic acids is 1. The van der Waals surface area contributed by atoms with Gasteiger partial charge in [-0.15, -0.1) is 0 Å². The number of carboxylic acid groups (broad SMARTS) is 1. The molecule has 2 N–H and O–H groups in total. The monoisotopic (exact) mass is 313 g/mol. The van der Waals surface area contributed by atoms with E-state index in [-0.39, 0.29) is 11.5 Å². The Labute approximate surface area is 134 Å². The van der Waals surface area contributed by atoms with Crippen LogP contribution in [0.25, 0.3) is 0 Å². The summed E-state index contributed by atoms with van der Waals surface area (Å²) in [6.45, 7) is 5.55. The van der Waals surface area contributed by atoms with E-state index in [1.54, 1.807) is 19.1 Å². The summed E-state index contributed by atoms with van der Waals surface area (Å²) in [7, 11) is 0. The van der Waals surface area contributed by atoms with E-state index < -0.39 is 12.1 Å². The molecule has 2 rings (SSSR count). The lowest BCUT2D eigenvalue weighted by atomic mass is 10.1. The van der Waals surface area contributed by atoms with Gasteiger partial charge in [-0.2, -0.15) is 0 Å². The Morgan fingerprint density at radius 3 is 2.35 bits per heavy atom. The molecule has 0 unspecified atom stereocenters. The molecule has 120 valence electrons. The summed E-state index contributed by atoms with van der Waals surface area (Å²) in [6.07, 6.45) is -0.672. The largest absolute Gasteiger partial charge is 0.481 e. The van der Waals surface area contributed by atoms with E-state index in [2.05, 4.69) is 5.32 Å². The summed E-state index contributed by atoms with van der Waals surface area (Å²) in [5.41, 5.74) is 2.71. The molecule has 1 amide bonds. The molecule has 0 spiro atoms. The molecule has 1 atom stereocenters. The molecule has 0 saturated carbocycles. The Morgan fingerprint density at radius 1 is 1.09 bits per heavy atom. The van der Waals surface area contributed by atoms with Crippen molar-refractivity contribution >= 4 is 17.6 Å². The molecule has 2 aromatic carbocycles. The minimum Gasteiger partial charge on any atom is -0.481 e. The SMILES string of the molecule is Cc1ccc(C)c(O[C@H](C)C(=O)Nc2ccc(C(=O)O)cc2)c1. The summed E-state index contributed by atoms with van der Waals surface area (Å²) < 4.78 is 5.72. The smallest absolute Gasteiger partial charge is 0.335 e. The number of anilines is 1. The van der Waals surface area contributed by atoms with Gasteiger partial charge in [0.15, 0.2) is 6.10 Å². The number of aromatic carboxylic acids is 1. The van der Waals surface area contributed by atoms with Crippen molar-refractivity contribution in [1.82, 2.24) is 0 Å². The average Bonchev–Trinajstić information content (AvgIpc) is 2.51. The Morgan fingerprint density at radius 2 is 1.74 bits per heavy atom. The number of ether oxygens (including phenoxy) is 1. The first-order valence-electron chi connectivity index (χ1n) is 7.25. The highest BCUT2D eigenvalue weighted by atomic mass is 16.5. The number of nitrogens with one attached hydrogen (secondary N) is 1. The van der Waals surface area contributed by atoms with Crippen LogP contribution in [0.15, 0.2) is 42.5 Å². The van der Waals surface area contributed by atoms with Crippen molar-refractivity contribution in [2.24, 2.45) is 0 Å². The molecule has 0 radical (unpaired) electrons. The normalized spacial score (nSPS) is 11.6. The van der Waals surface area contributed by atoms with Crippen LogP contribution in [0.3, 0.4) is 0 Å². The van der Waals surface area contributed by atoms with E-state index in [9.17, 15) is 9.59 Å². The Kier molecular flexibility index (Phi) is 5.01. The predicted octanol–water partition coefficient (Wildman–Crippen LogP) is 3.41. The molecule has 0 aliphatic rings. The van der Waals surface area contributed by atoms with Crippen LogP contribution in [0.2, 0.25) is 0 Å². The highest BCUT2D eigenvalue weighted by Gasteiger charge is 2.16. The third-order valence-corrected chi connectivity index (χ3v) is 3.42. The number of benzene rings is 2. The highest BCUT2D eigenvalue weighted by molar-refractivity contribution is 5.95. The van der Waals surface area contributed by atoms with Crippen molar-refractivity contribution in [3.05, 3.63) is 59.2 Å². The Bertz CT molecular complexity index is 722. The van der Waals surface area contributed by atoms with Crippen LogP contribution in [0, 0.1) is 13.8 Å². The van der Waals surface area contributed by atoms with E-state index in [0.717, 1.165) is 11.1 Å². The van der Waals surface area contributed by atoms with Crippen molar-refractivity contribution in [1.29, 1.82) is 0 Å². The fourth-order valence-corrected chi connectivity index (χ4v) is 2.02. The minimum atomic E-state index is -1.01. The van der Waals surface area contributed by atoms with Crippen LogP contribution in [0.1, 0.15) is 28.4 Å². The first kappa shape index (κ1) is 16.5. The van der Waals surface area contributed by atoms with Gasteiger partial charge in [-0.1, -0.05) is 12.1 Å². The van der Waals surface area contributed by atoms with Gasteiger partial charge in [0.05, 0.1) is 5.56 Å². The molecule has 2 aromatic rings. The van der Waals surface area contributed by atoms with Crippen molar-refractivity contribution in [2.75, 3.05) is 5.32 Å². The topological polar surface area (TPSA) is 75.6 Å². The maximum absolute atomic E-state index is 12.2. The second-order valence-corrected chi connectivity index (χ2v) is 5.40. The fourth-order valence-electron chi connectivity index (χ4n) is 2.02. The second-order valence-electron chi connectivity index (χ2n) is 5.40. The molecule has 0 aliphatic carbocycles. The van der Waals surface area contributed by atoms with E-state index in [1.165, 1.54) is 12.1 Å². The summed E-state index contributed by atoms with van der Waals surface area (Å²) in [5, 5.41) is 11.6. The average molecular weight is 313 g/mol. The third kappa shape index (κ3) is 4.32. The first-order chi connectivity index (χ1) is 10.9. The van der Waals surface area contributed by atoms with E-state index >= 15 is 0 Å². The molecule has 5 heteroatoms. The lowest BCUT2D eigenvalue weighted by molar-refractivity contribution is -0.122. The number of aryl methyl sites for hydroxylation is 2. The summed E-state index contributed by atoms with van der Waals surface area (Å²) >= 11 is 0. The number of rotatable bonds is 5. The van der Waals surface area contributed by atoms with Crippen LogP contribution < -0.4 is 10.1 Å². The van der Waals surface area contributed by atoms with Gasteiger partial charge >= 0.3 is 5.97 Å². The van der Waals surface area contributed by atoms with Gasteiger partial charge < -0.3 is 15.2 Å². The van der Waals surface area contributed by atoms with E-state index in [0.29, 0.717) is 11.4 Å². The molecule has 0 saturated heterocycles.